The van der Waals surface area contributed by atoms with Gasteiger partial charge in [0.05, 0.1) is 0 Å². The van der Waals surface area contributed by atoms with Crippen molar-refractivity contribution >= 4 is 102 Å². The van der Waals surface area contributed by atoms with E-state index in [1.54, 1.807) is 0 Å². The maximum Gasteiger partial charge on any atom is 0.201 e. The molecule has 0 aliphatic carbocycles. The van der Waals surface area contributed by atoms with Gasteiger partial charge in [-0.25, -0.2) is 0 Å². The first-order valence-corrected chi connectivity index (χ1v) is 32.9. The van der Waals surface area contributed by atoms with E-state index in [-0.39, 0.29) is 0 Å². The van der Waals surface area contributed by atoms with Gasteiger partial charge in [0.2, 0.25) is 11.8 Å². The Morgan fingerprint density at radius 2 is 0.667 bits per heavy atom. The van der Waals surface area contributed by atoms with Crippen molar-refractivity contribution in [1.82, 2.24) is 0 Å². The molecule has 2 aliphatic heterocycles. The number of fused-ring (bicyclic) bond motifs is 8. The van der Waals surface area contributed by atoms with Crippen LogP contribution in [0.4, 0.5) is 45.9 Å². The number of para-hydroxylation sites is 1. The molecule has 16 aromatic rings. The molecule has 0 radical (unpaired) electrons. The maximum absolute atomic E-state index is 6.48. The first kappa shape index (κ1) is 56.1. The molecule has 96 heavy (non-hydrogen) atoms. The van der Waals surface area contributed by atoms with Crippen LogP contribution in [0.15, 0.2) is 336 Å². The summed E-state index contributed by atoms with van der Waals surface area (Å²) in [6.45, 7) is 1.51. The summed E-state index contributed by atoms with van der Waals surface area (Å²) in [6.07, 6.45) is 8.62. The molecule has 6 nitrogen and oxygen atoms in total. The third-order valence-electron chi connectivity index (χ3n) is 19.1. The Morgan fingerprint density at radius 1 is 0.260 bits per heavy atom. The van der Waals surface area contributed by atoms with Gasteiger partial charge in [-0.1, -0.05) is 243 Å². The number of hydrogen-bond acceptors (Lipinski definition) is 6. The molecule has 0 saturated heterocycles. The molecule has 18 rings (SSSR count). The Hall–Kier alpha value is -12.6. The molecular weight excluding hydrogens is 1170 g/mol. The first-order valence-electron chi connectivity index (χ1n) is 32.9. The Kier molecular flexibility index (Phi) is 13.9. The Balaban J connectivity index is 0.667. The van der Waals surface area contributed by atoms with Crippen LogP contribution >= 0.6 is 0 Å². The van der Waals surface area contributed by atoms with E-state index >= 15 is 0 Å². The van der Waals surface area contributed by atoms with E-state index in [4.69, 9.17) is 8.83 Å². The number of benzene rings is 14. The van der Waals surface area contributed by atoms with Crippen LogP contribution in [-0.2, 0) is 0 Å². The van der Waals surface area contributed by atoms with Crippen LogP contribution in [0.3, 0.4) is 0 Å². The predicted octanol–water partition coefficient (Wildman–Crippen LogP) is 25.0. The van der Waals surface area contributed by atoms with Crippen molar-refractivity contribution in [2.75, 3.05) is 33.5 Å². The average Bonchev–Trinajstić information content (AvgIpc) is 0.944. The summed E-state index contributed by atoms with van der Waals surface area (Å²) in [5.74, 6) is 1.65. The normalized spacial score (nSPS) is 12.4. The van der Waals surface area contributed by atoms with Crippen LogP contribution in [0.1, 0.15) is 11.1 Å². The van der Waals surface area contributed by atoms with Gasteiger partial charge in [0.1, 0.15) is 11.2 Å². The molecule has 0 spiro atoms. The van der Waals surface area contributed by atoms with Gasteiger partial charge in [-0.15, -0.1) is 0 Å². The summed E-state index contributed by atoms with van der Waals surface area (Å²) in [5.41, 5.74) is 26.4. The highest BCUT2D eigenvalue weighted by molar-refractivity contribution is 6.06. The van der Waals surface area contributed by atoms with E-state index in [1.807, 2.05) is 0 Å². The highest BCUT2D eigenvalue weighted by Crippen LogP contribution is 2.46. The van der Waals surface area contributed by atoms with Crippen LogP contribution in [0.5, 0.6) is 0 Å². The van der Waals surface area contributed by atoms with Gasteiger partial charge in [-0.3, -0.25) is 0 Å². The molecule has 4 heterocycles. The maximum atomic E-state index is 6.48. The molecule has 0 saturated carbocycles. The Bertz CT molecular complexity index is 5660. The third kappa shape index (κ3) is 10.2. The van der Waals surface area contributed by atoms with E-state index in [1.165, 1.54) is 49.4 Å². The molecule has 14 aromatic carbocycles. The zero-order chi connectivity index (χ0) is 63.5. The molecular formula is C90H62N4O2. The second kappa shape index (κ2) is 23.8. The molecule has 0 atom stereocenters. The van der Waals surface area contributed by atoms with Crippen molar-refractivity contribution in [2.24, 2.45) is 0 Å². The lowest BCUT2D eigenvalue weighted by atomic mass is 9.91. The standard InChI is InChI=1S/C90H62N4O2/c1-2-14-59(15-3-1)60-30-42-71(43-31-60)93(74-48-36-64(37-49-74)80-24-11-29-86-87(80)84-28-13-55-92-90(84)95-86)76-52-40-66(41-53-76)85-58-70(57-69-17-5-7-22-79(69)85)68-20-8-19-67(56-68)61-32-44-72(45-33-61)94(73-46-34-63(35-47-73)78-23-9-18-62-16-4-6-21-77(62)78)75-50-38-65(39-51-75)81-25-10-26-82-83-27-12-54-91-89(83)96-88(81)82/h1-53,56-58,91-92H,54-55H2. The summed E-state index contributed by atoms with van der Waals surface area (Å²) >= 11 is 0. The molecule has 0 bridgehead atoms. The lowest BCUT2D eigenvalue weighted by molar-refractivity contribution is 0.628. The molecule has 0 unspecified atom stereocenters. The van der Waals surface area contributed by atoms with Crippen molar-refractivity contribution in [2.45, 2.75) is 0 Å². The molecule has 0 fully saturated rings. The van der Waals surface area contributed by atoms with Crippen LogP contribution in [0, 0.1) is 0 Å². The van der Waals surface area contributed by atoms with Gasteiger partial charge in [0.25, 0.3) is 0 Å². The fourth-order valence-electron chi connectivity index (χ4n) is 14.4. The molecule has 6 heteroatoms. The second-order valence-electron chi connectivity index (χ2n) is 24.8. The lowest BCUT2D eigenvalue weighted by Crippen LogP contribution is -2.09. The van der Waals surface area contributed by atoms with E-state index in [9.17, 15) is 0 Å². The van der Waals surface area contributed by atoms with Gasteiger partial charge < -0.3 is 29.3 Å². The van der Waals surface area contributed by atoms with Gasteiger partial charge in [0, 0.05) is 74.7 Å². The quantitative estimate of drug-likeness (QED) is 0.120. The van der Waals surface area contributed by atoms with Crippen LogP contribution in [0.25, 0.3) is 134 Å². The van der Waals surface area contributed by atoms with Gasteiger partial charge in [0.15, 0.2) is 0 Å². The minimum absolute atomic E-state index is 0.754. The number of furan rings is 2. The number of hydrogen-bond donors (Lipinski definition) is 2. The summed E-state index contributed by atoms with van der Waals surface area (Å²) in [7, 11) is 0. The average molecular weight is 1230 g/mol. The highest BCUT2D eigenvalue weighted by Gasteiger charge is 2.23. The van der Waals surface area contributed by atoms with Crippen molar-refractivity contribution in [1.29, 1.82) is 0 Å². The van der Waals surface area contributed by atoms with Crippen molar-refractivity contribution in [3.63, 3.8) is 0 Å². The van der Waals surface area contributed by atoms with Crippen molar-refractivity contribution < 1.29 is 8.83 Å². The molecule has 454 valence electrons. The predicted molar refractivity (Wildman–Crippen MR) is 403 cm³/mol. The minimum Gasteiger partial charge on any atom is -0.440 e. The number of anilines is 8. The zero-order valence-electron chi connectivity index (χ0n) is 52.5. The van der Waals surface area contributed by atoms with Crippen LogP contribution in [-0.4, -0.2) is 13.1 Å². The van der Waals surface area contributed by atoms with Gasteiger partial charge in [-0.05, 0) is 191 Å². The lowest BCUT2D eigenvalue weighted by Gasteiger charge is -2.26. The van der Waals surface area contributed by atoms with Gasteiger partial charge >= 0.3 is 0 Å². The topological polar surface area (TPSA) is 56.8 Å². The van der Waals surface area contributed by atoms with E-state index in [0.29, 0.717) is 0 Å². The number of nitrogens with zero attached hydrogens (tertiary/aromatic N) is 2. The summed E-state index contributed by atoms with van der Waals surface area (Å²) in [6, 6.07) is 115. The Labute approximate surface area is 557 Å². The number of nitrogens with one attached hydrogen (secondary N) is 2. The smallest absolute Gasteiger partial charge is 0.201 e. The van der Waals surface area contributed by atoms with Crippen molar-refractivity contribution in [3.05, 3.63) is 339 Å². The van der Waals surface area contributed by atoms with Crippen molar-refractivity contribution in [3.8, 4) is 77.9 Å². The highest BCUT2D eigenvalue weighted by atomic mass is 16.4. The fraction of sp³-hybridized carbons (Fsp3) is 0.0222. The minimum atomic E-state index is 0.754. The molecule has 2 aliphatic rings. The zero-order valence-corrected chi connectivity index (χ0v) is 52.5. The fourth-order valence-corrected chi connectivity index (χ4v) is 14.4. The van der Waals surface area contributed by atoms with E-state index in [0.717, 1.165) is 142 Å². The van der Waals surface area contributed by atoms with Gasteiger partial charge in [-0.2, -0.15) is 0 Å². The second-order valence-corrected chi connectivity index (χ2v) is 24.8. The molecule has 0 amide bonds. The molecule has 2 N–H and O–H groups in total. The van der Waals surface area contributed by atoms with Crippen LogP contribution < -0.4 is 20.4 Å². The summed E-state index contributed by atoms with van der Waals surface area (Å²) in [4.78, 5) is 4.71. The SMILES string of the molecule is C1=Cc2c(oc3c(-c4ccc(N(c5ccc(-c6cccc(-c7cc(-c8ccc(N(c9ccc(-c%10ccccc%10)cc9)c9ccc(-c%10cccc%11oc%12c(c%10%11)C=CCN%12)cc9)cc8)c8ccccc8c7)c6)cc5)c5ccc(-c6cccc7ccccc67)cc5)cc4)cccc23)NC1. The monoisotopic (exact) mass is 1230 g/mol. The Morgan fingerprint density at radius 3 is 1.29 bits per heavy atom. The van der Waals surface area contributed by atoms with E-state index < -0.39 is 0 Å². The molecule has 2 aromatic heterocycles. The largest absolute Gasteiger partial charge is 0.440 e. The summed E-state index contributed by atoms with van der Waals surface area (Å²) in [5, 5.41) is 13.9. The number of rotatable bonds is 13. The summed E-state index contributed by atoms with van der Waals surface area (Å²) < 4.78 is 12.8. The first-order chi connectivity index (χ1) is 47.6. The third-order valence-corrected chi connectivity index (χ3v) is 19.1. The van der Waals surface area contributed by atoms with E-state index in [2.05, 4.69) is 360 Å². The van der Waals surface area contributed by atoms with Crippen LogP contribution in [0.2, 0.25) is 0 Å².